The average molecular weight is 184 g/mol. The second kappa shape index (κ2) is 4.33. The summed E-state index contributed by atoms with van der Waals surface area (Å²) in [7, 11) is 0. The lowest BCUT2D eigenvalue weighted by Crippen LogP contribution is -2.21. The molecular formula is C8H12N2OS. The van der Waals surface area contributed by atoms with Crippen molar-refractivity contribution in [3.63, 3.8) is 0 Å². The maximum atomic E-state index is 11.3. The summed E-state index contributed by atoms with van der Waals surface area (Å²) in [4.78, 5) is 15.4. The molecule has 1 rings (SSSR count). The summed E-state index contributed by atoms with van der Waals surface area (Å²) in [5, 5.41) is 2.75. The van der Waals surface area contributed by atoms with Crippen LogP contribution in [-0.2, 0) is 11.2 Å². The quantitative estimate of drug-likeness (QED) is 0.754. The van der Waals surface area contributed by atoms with Gasteiger partial charge in [-0.25, -0.2) is 4.98 Å². The predicted octanol–water partition coefficient (Wildman–Crippen LogP) is 0.849. The molecule has 0 fully saturated rings. The molecule has 0 aromatic carbocycles. The number of Topliss-reactive ketones (excluding diaryl/α,β-unsaturated/α-hetero) is 1. The molecule has 1 unspecified atom stereocenters. The lowest BCUT2D eigenvalue weighted by Gasteiger charge is -2.04. The van der Waals surface area contributed by atoms with Gasteiger partial charge in [-0.2, -0.15) is 0 Å². The largest absolute Gasteiger partial charge is 0.330 e. The normalized spacial score (nSPS) is 12.8. The van der Waals surface area contributed by atoms with Gasteiger partial charge in [-0.3, -0.25) is 4.79 Å². The van der Waals surface area contributed by atoms with Crippen LogP contribution < -0.4 is 5.73 Å². The predicted molar refractivity (Wildman–Crippen MR) is 49.0 cm³/mol. The molecular weight excluding hydrogens is 172 g/mol. The molecule has 12 heavy (non-hydrogen) atoms. The van der Waals surface area contributed by atoms with E-state index in [0.29, 0.717) is 13.0 Å². The van der Waals surface area contributed by atoms with E-state index in [1.54, 1.807) is 6.20 Å². The topological polar surface area (TPSA) is 56.0 Å². The lowest BCUT2D eigenvalue weighted by molar-refractivity contribution is -0.121. The summed E-state index contributed by atoms with van der Waals surface area (Å²) in [6, 6.07) is 0. The highest BCUT2D eigenvalue weighted by Crippen LogP contribution is 2.07. The van der Waals surface area contributed by atoms with Crippen LogP contribution >= 0.6 is 11.3 Å². The van der Waals surface area contributed by atoms with Crippen molar-refractivity contribution >= 4 is 17.1 Å². The van der Waals surface area contributed by atoms with E-state index in [-0.39, 0.29) is 11.7 Å². The first-order chi connectivity index (χ1) is 5.74. The molecule has 4 heteroatoms. The van der Waals surface area contributed by atoms with E-state index in [1.807, 2.05) is 12.3 Å². The van der Waals surface area contributed by atoms with Gasteiger partial charge in [-0.05, 0) is 0 Å². The Hall–Kier alpha value is -0.740. The highest BCUT2D eigenvalue weighted by Gasteiger charge is 2.12. The van der Waals surface area contributed by atoms with E-state index in [9.17, 15) is 4.79 Å². The SMILES string of the molecule is CC(CN)C(=O)Cc1nccs1. The summed E-state index contributed by atoms with van der Waals surface area (Å²) in [5.74, 6) is 0.126. The smallest absolute Gasteiger partial charge is 0.143 e. The summed E-state index contributed by atoms with van der Waals surface area (Å²) in [5.41, 5.74) is 5.36. The molecule has 1 heterocycles. The Morgan fingerprint density at radius 2 is 2.58 bits per heavy atom. The third-order valence-corrected chi connectivity index (χ3v) is 2.49. The fourth-order valence-corrected chi connectivity index (χ4v) is 1.42. The lowest BCUT2D eigenvalue weighted by atomic mass is 10.1. The zero-order chi connectivity index (χ0) is 8.97. The van der Waals surface area contributed by atoms with Gasteiger partial charge in [0.15, 0.2) is 0 Å². The van der Waals surface area contributed by atoms with Crippen LogP contribution in [0.4, 0.5) is 0 Å². The zero-order valence-electron chi connectivity index (χ0n) is 6.99. The van der Waals surface area contributed by atoms with Gasteiger partial charge in [0.2, 0.25) is 0 Å². The van der Waals surface area contributed by atoms with E-state index in [0.717, 1.165) is 5.01 Å². The number of carbonyl (C=O) groups excluding carboxylic acids is 1. The molecule has 0 radical (unpaired) electrons. The molecule has 0 bridgehead atoms. The first-order valence-electron chi connectivity index (χ1n) is 3.85. The molecule has 0 aliphatic rings. The first-order valence-corrected chi connectivity index (χ1v) is 4.73. The van der Waals surface area contributed by atoms with Crippen LogP contribution in [0.25, 0.3) is 0 Å². The fraction of sp³-hybridized carbons (Fsp3) is 0.500. The Kier molecular flexibility index (Phi) is 3.37. The van der Waals surface area contributed by atoms with E-state index < -0.39 is 0 Å². The van der Waals surface area contributed by atoms with Crippen LogP contribution in [-0.4, -0.2) is 17.3 Å². The van der Waals surface area contributed by atoms with Crippen LogP contribution in [0, 0.1) is 5.92 Å². The number of hydrogen-bond acceptors (Lipinski definition) is 4. The van der Waals surface area contributed by atoms with Crippen molar-refractivity contribution in [3.8, 4) is 0 Å². The van der Waals surface area contributed by atoms with Gasteiger partial charge >= 0.3 is 0 Å². The van der Waals surface area contributed by atoms with Gasteiger partial charge in [0, 0.05) is 24.0 Å². The van der Waals surface area contributed by atoms with Crippen LogP contribution in [0.3, 0.4) is 0 Å². The summed E-state index contributed by atoms with van der Waals surface area (Å²) in [6.07, 6.45) is 2.14. The first kappa shape index (κ1) is 9.35. The molecule has 3 nitrogen and oxygen atoms in total. The standard InChI is InChI=1S/C8H12N2OS/c1-6(5-9)7(11)4-8-10-2-3-12-8/h2-3,6H,4-5,9H2,1H3. The van der Waals surface area contributed by atoms with Crippen LogP contribution in [0.1, 0.15) is 11.9 Å². The minimum atomic E-state index is -0.0473. The van der Waals surface area contributed by atoms with E-state index >= 15 is 0 Å². The molecule has 0 saturated carbocycles. The third-order valence-electron chi connectivity index (χ3n) is 1.71. The highest BCUT2D eigenvalue weighted by molar-refractivity contribution is 7.09. The molecule has 1 aromatic rings. The molecule has 0 aliphatic heterocycles. The number of thiazole rings is 1. The second-order valence-electron chi connectivity index (χ2n) is 2.71. The van der Waals surface area contributed by atoms with Crippen molar-refractivity contribution in [2.45, 2.75) is 13.3 Å². The number of ketones is 1. The van der Waals surface area contributed by atoms with Gasteiger partial charge in [0.25, 0.3) is 0 Å². The molecule has 1 atom stereocenters. The number of nitrogens with two attached hydrogens (primary N) is 1. The minimum absolute atomic E-state index is 0.0473. The average Bonchev–Trinajstić information content (AvgIpc) is 2.55. The Morgan fingerprint density at radius 1 is 1.83 bits per heavy atom. The summed E-state index contributed by atoms with van der Waals surface area (Å²) < 4.78 is 0. The van der Waals surface area contributed by atoms with Crippen molar-refractivity contribution < 1.29 is 4.79 Å². The molecule has 0 amide bonds. The van der Waals surface area contributed by atoms with Crippen LogP contribution in [0.15, 0.2) is 11.6 Å². The zero-order valence-corrected chi connectivity index (χ0v) is 7.80. The van der Waals surface area contributed by atoms with Gasteiger partial charge in [0.05, 0.1) is 11.4 Å². The molecule has 66 valence electrons. The fourth-order valence-electron chi connectivity index (χ4n) is 0.795. The van der Waals surface area contributed by atoms with Gasteiger partial charge in [-0.1, -0.05) is 6.92 Å². The maximum Gasteiger partial charge on any atom is 0.143 e. The monoisotopic (exact) mass is 184 g/mol. The van der Waals surface area contributed by atoms with E-state index in [1.165, 1.54) is 11.3 Å². The Bertz CT molecular complexity index is 246. The number of aromatic nitrogens is 1. The second-order valence-corrected chi connectivity index (χ2v) is 3.68. The van der Waals surface area contributed by atoms with Crippen molar-refractivity contribution in [2.75, 3.05) is 6.54 Å². The van der Waals surface area contributed by atoms with Crippen molar-refractivity contribution in [3.05, 3.63) is 16.6 Å². The Balaban J connectivity index is 2.47. The molecule has 0 saturated heterocycles. The number of hydrogen-bond donors (Lipinski definition) is 1. The van der Waals surface area contributed by atoms with E-state index in [2.05, 4.69) is 4.98 Å². The Morgan fingerprint density at radius 3 is 3.08 bits per heavy atom. The van der Waals surface area contributed by atoms with E-state index in [4.69, 9.17) is 5.73 Å². The molecule has 1 aromatic heterocycles. The third kappa shape index (κ3) is 2.39. The minimum Gasteiger partial charge on any atom is -0.330 e. The van der Waals surface area contributed by atoms with Crippen molar-refractivity contribution in [2.24, 2.45) is 11.7 Å². The van der Waals surface area contributed by atoms with Crippen molar-refractivity contribution in [1.82, 2.24) is 4.98 Å². The van der Waals surface area contributed by atoms with Gasteiger partial charge in [0.1, 0.15) is 5.78 Å². The van der Waals surface area contributed by atoms with Gasteiger partial charge < -0.3 is 5.73 Å². The maximum absolute atomic E-state index is 11.3. The van der Waals surface area contributed by atoms with Crippen molar-refractivity contribution in [1.29, 1.82) is 0 Å². The number of nitrogens with zero attached hydrogens (tertiary/aromatic N) is 1. The number of rotatable bonds is 4. The van der Waals surface area contributed by atoms with Crippen LogP contribution in [0.5, 0.6) is 0 Å². The van der Waals surface area contributed by atoms with Gasteiger partial charge in [-0.15, -0.1) is 11.3 Å². The Labute approximate surface area is 75.6 Å². The summed E-state index contributed by atoms with van der Waals surface area (Å²) in [6.45, 7) is 2.26. The van der Waals surface area contributed by atoms with Crippen LogP contribution in [0.2, 0.25) is 0 Å². The molecule has 0 aliphatic carbocycles. The number of carbonyl (C=O) groups is 1. The highest BCUT2D eigenvalue weighted by atomic mass is 32.1. The molecule has 2 N–H and O–H groups in total. The molecule has 0 spiro atoms. The summed E-state index contributed by atoms with van der Waals surface area (Å²) >= 11 is 1.51.